The summed E-state index contributed by atoms with van der Waals surface area (Å²) in [5.41, 5.74) is 3.23. The normalized spacial score (nSPS) is 14.8. The van der Waals surface area contributed by atoms with Crippen molar-refractivity contribution in [3.8, 4) is 0 Å². The Balaban J connectivity index is 0.00000484. The number of imidazole rings is 1. The molecule has 0 saturated carbocycles. The van der Waals surface area contributed by atoms with E-state index in [0.717, 1.165) is 10.1 Å². The van der Waals surface area contributed by atoms with Crippen LogP contribution in [0.25, 0.3) is 0 Å². The Morgan fingerprint density at radius 1 is 1.52 bits per heavy atom. The van der Waals surface area contributed by atoms with E-state index in [0.29, 0.717) is 0 Å². The Morgan fingerprint density at radius 2 is 2.13 bits per heavy atom. The average Bonchev–Trinajstić information content (AvgIpc) is 2.81. The fourth-order valence-electron chi connectivity index (χ4n) is 1.79. The fraction of sp³-hybridized carbons (Fsp3) is 0.538. The first-order valence-corrected chi connectivity index (χ1v) is 6.53. The van der Waals surface area contributed by atoms with Gasteiger partial charge in [-0.25, -0.2) is 9.98 Å². The van der Waals surface area contributed by atoms with Crippen LogP contribution in [0.5, 0.6) is 0 Å². The highest BCUT2D eigenvalue weighted by Crippen LogP contribution is 2.40. The lowest BCUT2D eigenvalue weighted by Crippen LogP contribution is -2.47. The molecule has 1 heterocycles. The molecule has 1 aromatic heterocycles. The van der Waals surface area contributed by atoms with E-state index >= 15 is 0 Å². The number of nitrogens with two attached hydrogens (primary N) is 1. The first-order valence-electron chi connectivity index (χ1n) is 6.53. The average molecular weight is 447 g/mol. The Bertz CT molecular complexity index is 558. The van der Waals surface area contributed by atoms with Gasteiger partial charge in [0.25, 0.3) is 0 Å². The molecular formula is C13H21F3IN5O. The summed E-state index contributed by atoms with van der Waals surface area (Å²) in [6.07, 6.45) is -2.98. The van der Waals surface area contributed by atoms with E-state index in [2.05, 4.69) is 21.9 Å². The summed E-state index contributed by atoms with van der Waals surface area (Å²) in [4.78, 5) is 7.49. The van der Waals surface area contributed by atoms with Crippen LogP contribution in [0.4, 0.5) is 13.2 Å². The van der Waals surface area contributed by atoms with Crippen LogP contribution in [-0.2, 0) is 12.6 Å². The molecule has 6 nitrogen and oxygen atoms in total. The number of aromatic nitrogens is 2. The Morgan fingerprint density at radius 3 is 2.57 bits per heavy atom. The topological polar surface area (TPSA) is 88.5 Å². The smallest absolute Gasteiger partial charge is 0.374 e. The van der Waals surface area contributed by atoms with Gasteiger partial charge in [-0.3, -0.25) is 0 Å². The molecule has 0 spiro atoms. The van der Waals surface area contributed by atoms with E-state index in [1.165, 1.54) is 19.4 Å². The highest BCUT2D eigenvalue weighted by molar-refractivity contribution is 14.0. The fourth-order valence-corrected chi connectivity index (χ4v) is 1.79. The molecule has 1 rings (SSSR count). The summed E-state index contributed by atoms with van der Waals surface area (Å²) in [5, 5.41) is 12.6. The van der Waals surface area contributed by atoms with E-state index in [1.807, 2.05) is 0 Å². The van der Waals surface area contributed by atoms with Crippen LogP contribution in [0.3, 0.4) is 0 Å². The minimum Gasteiger partial charge on any atom is -0.374 e. The minimum absolute atomic E-state index is 0. The van der Waals surface area contributed by atoms with Gasteiger partial charge in [-0.1, -0.05) is 12.2 Å². The van der Waals surface area contributed by atoms with E-state index in [1.54, 1.807) is 6.92 Å². The first-order chi connectivity index (χ1) is 10.1. The quantitative estimate of drug-likeness (QED) is 0.268. The third kappa shape index (κ3) is 5.68. The largest absolute Gasteiger partial charge is 0.424 e. The number of halogens is 4. The molecule has 1 aromatic rings. The van der Waals surface area contributed by atoms with Crippen LogP contribution in [0, 0.1) is 0 Å². The maximum atomic E-state index is 13.2. The standard InChI is InChI=1S/C13H20F3N5O.HI/c1-9(2)8-20-11(17)19-5-4-12(22,13(14,15)16)10-18-6-7-21(10)3;/h6-7,22H,1,4-5,8H2,2-3H3,(H3,17,19,20);1H. The van der Waals surface area contributed by atoms with Crippen molar-refractivity contribution in [2.45, 2.75) is 25.1 Å². The number of rotatable bonds is 6. The number of aryl methyl sites for hydroxylation is 1. The number of aliphatic hydroxyl groups is 1. The molecule has 0 saturated heterocycles. The van der Waals surface area contributed by atoms with E-state index in [9.17, 15) is 18.3 Å². The molecule has 0 bridgehead atoms. The van der Waals surface area contributed by atoms with Gasteiger partial charge in [-0.15, -0.1) is 24.0 Å². The second-order valence-corrected chi connectivity index (χ2v) is 5.06. The Kier molecular flexibility index (Phi) is 8.04. The second-order valence-electron chi connectivity index (χ2n) is 5.06. The van der Waals surface area contributed by atoms with E-state index < -0.39 is 24.0 Å². The second kappa shape index (κ2) is 8.52. The van der Waals surface area contributed by atoms with Crippen LogP contribution < -0.4 is 11.1 Å². The molecule has 0 aliphatic rings. The summed E-state index contributed by atoms with van der Waals surface area (Å²) < 4.78 is 40.8. The number of aliphatic imine (C=N–C) groups is 1. The summed E-state index contributed by atoms with van der Waals surface area (Å²) in [6, 6.07) is 0. The third-order valence-electron chi connectivity index (χ3n) is 2.97. The summed E-state index contributed by atoms with van der Waals surface area (Å²) in [6.45, 7) is 5.45. The molecule has 4 N–H and O–H groups in total. The summed E-state index contributed by atoms with van der Waals surface area (Å²) in [7, 11) is 1.38. The van der Waals surface area contributed by atoms with Crippen LogP contribution in [-0.4, -0.2) is 39.9 Å². The number of nitrogens with zero attached hydrogens (tertiary/aromatic N) is 3. The number of alkyl halides is 3. The lowest BCUT2D eigenvalue weighted by molar-refractivity contribution is -0.272. The lowest BCUT2D eigenvalue weighted by atomic mass is 9.97. The van der Waals surface area contributed by atoms with Crippen LogP contribution in [0.2, 0.25) is 0 Å². The van der Waals surface area contributed by atoms with Gasteiger partial charge in [0, 0.05) is 32.4 Å². The van der Waals surface area contributed by atoms with Crippen molar-refractivity contribution >= 4 is 29.9 Å². The van der Waals surface area contributed by atoms with Gasteiger partial charge in [0.15, 0.2) is 5.96 Å². The SMILES string of the molecule is C=C(C)CN=C(N)NCCC(O)(c1nccn1C)C(F)(F)F.I. The third-order valence-corrected chi connectivity index (χ3v) is 2.97. The predicted octanol–water partition coefficient (Wildman–Crippen LogP) is 1.66. The number of nitrogens with one attached hydrogen (secondary N) is 1. The van der Waals surface area contributed by atoms with Gasteiger partial charge < -0.3 is 20.7 Å². The monoisotopic (exact) mass is 447 g/mol. The van der Waals surface area contributed by atoms with E-state index in [4.69, 9.17) is 5.73 Å². The van der Waals surface area contributed by atoms with Crippen molar-refractivity contribution in [3.05, 3.63) is 30.4 Å². The van der Waals surface area contributed by atoms with Gasteiger partial charge in [0.2, 0.25) is 5.60 Å². The molecule has 10 heteroatoms. The molecule has 0 fully saturated rings. The van der Waals surface area contributed by atoms with Crippen LogP contribution >= 0.6 is 24.0 Å². The zero-order valence-corrected chi connectivity index (χ0v) is 15.2. The van der Waals surface area contributed by atoms with Gasteiger partial charge >= 0.3 is 6.18 Å². The Hall–Kier alpha value is -1.30. The summed E-state index contributed by atoms with van der Waals surface area (Å²) in [5.74, 6) is -0.480. The molecule has 23 heavy (non-hydrogen) atoms. The van der Waals surface area contributed by atoms with E-state index in [-0.39, 0.29) is 43.0 Å². The van der Waals surface area contributed by atoms with Crippen molar-refractivity contribution in [1.29, 1.82) is 0 Å². The van der Waals surface area contributed by atoms with Crippen molar-refractivity contribution in [1.82, 2.24) is 14.9 Å². The highest BCUT2D eigenvalue weighted by Gasteiger charge is 2.57. The van der Waals surface area contributed by atoms with Gasteiger partial charge in [0.05, 0.1) is 6.54 Å². The number of hydrogen-bond acceptors (Lipinski definition) is 3. The zero-order valence-electron chi connectivity index (χ0n) is 12.9. The molecule has 1 unspecified atom stereocenters. The molecule has 0 aliphatic heterocycles. The molecule has 1 atom stereocenters. The number of hydrogen-bond donors (Lipinski definition) is 3. The molecule has 0 aliphatic carbocycles. The van der Waals surface area contributed by atoms with Crippen molar-refractivity contribution in [2.75, 3.05) is 13.1 Å². The molecular weight excluding hydrogens is 426 g/mol. The zero-order chi connectivity index (χ0) is 17.0. The van der Waals surface area contributed by atoms with Crippen LogP contribution in [0.1, 0.15) is 19.2 Å². The first kappa shape index (κ1) is 21.7. The van der Waals surface area contributed by atoms with Crippen molar-refractivity contribution < 1.29 is 18.3 Å². The maximum Gasteiger partial charge on any atom is 0.424 e. The molecule has 0 radical (unpaired) electrons. The maximum absolute atomic E-state index is 13.2. The molecule has 0 aromatic carbocycles. The molecule has 132 valence electrons. The minimum atomic E-state index is -4.86. The van der Waals surface area contributed by atoms with Gasteiger partial charge in [-0.05, 0) is 6.92 Å². The van der Waals surface area contributed by atoms with Gasteiger partial charge in [0.1, 0.15) is 5.82 Å². The predicted molar refractivity (Wildman–Crippen MR) is 92.5 cm³/mol. The van der Waals surface area contributed by atoms with Crippen molar-refractivity contribution in [3.63, 3.8) is 0 Å². The lowest BCUT2D eigenvalue weighted by Gasteiger charge is -2.30. The highest BCUT2D eigenvalue weighted by atomic mass is 127. The Labute approximate surface area is 149 Å². The van der Waals surface area contributed by atoms with Crippen molar-refractivity contribution in [2.24, 2.45) is 17.8 Å². The van der Waals surface area contributed by atoms with Crippen LogP contribution in [0.15, 0.2) is 29.5 Å². The van der Waals surface area contributed by atoms with Gasteiger partial charge in [-0.2, -0.15) is 13.2 Å². The molecule has 0 amide bonds. The number of guanidine groups is 1. The summed E-state index contributed by atoms with van der Waals surface area (Å²) >= 11 is 0.